The summed E-state index contributed by atoms with van der Waals surface area (Å²) in [7, 11) is 0. The van der Waals surface area contributed by atoms with Gasteiger partial charge < -0.3 is 0 Å². The largest absolute Gasteiger partial charge is 0.103 e. The molecule has 2 atom stereocenters. The molecule has 2 unspecified atom stereocenters. The van der Waals surface area contributed by atoms with E-state index in [0.717, 1.165) is 11.8 Å². The Kier molecular flexibility index (Phi) is 2.73. The summed E-state index contributed by atoms with van der Waals surface area (Å²) in [4.78, 5) is 0. The standard InChI is InChI=1S/C7H10.C3H6/c1-2-7-4-3-6(1)5-7;1-3-2/h1-2,6-7H,3-5H2;3H,1H2,2H3. The van der Waals surface area contributed by atoms with Crippen molar-refractivity contribution in [2.45, 2.75) is 26.2 Å². The fraction of sp³-hybridized carbons (Fsp3) is 0.600. The van der Waals surface area contributed by atoms with E-state index in [1.54, 1.807) is 6.08 Å². The Labute approximate surface area is 63.6 Å². The van der Waals surface area contributed by atoms with Crippen molar-refractivity contribution in [1.29, 1.82) is 0 Å². The normalized spacial score (nSPS) is 33.3. The Morgan fingerprint density at radius 3 is 1.80 bits per heavy atom. The van der Waals surface area contributed by atoms with Gasteiger partial charge >= 0.3 is 0 Å². The summed E-state index contributed by atoms with van der Waals surface area (Å²) in [5.41, 5.74) is 0. The predicted molar refractivity (Wildman–Crippen MR) is 45.8 cm³/mol. The van der Waals surface area contributed by atoms with Crippen LogP contribution in [0, 0.1) is 11.8 Å². The van der Waals surface area contributed by atoms with Crippen molar-refractivity contribution >= 4 is 0 Å². The second-order valence-corrected chi connectivity index (χ2v) is 3.13. The highest BCUT2D eigenvalue weighted by molar-refractivity contribution is 5.06. The smallest absolute Gasteiger partial charge is 0.0228 e. The SMILES string of the molecule is C1=CC2CCC1C2.C=CC. The first-order valence-electron chi connectivity index (χ1n) is 4.12. The molecule has 56 valence electrons. The van der Waals surface area contributed by atoms with Gasteiger partial charge in [0.2, 0.25) is 0 Å². The van der Waals surface area contributed by atoms with Crippen LogP contribution in [-0.2, 0) is 0 Å². The van der Waals surface area contributed by atoms with Gasteiger partial charge in [0.05, 0.1) is 0 Å². The summed E-state index contributed by atoms with van der Waals surface area (Å²) in [5, 5.41) is 0. The van der Waals surface area contributed by atoms with Crippen molar-refractivity contribution in [3.63, 3.8) is 0 Å². The molecule has 0 aliphatic heterocycles. The van der Waals surface area contributed by atoms with E-state index >= 15 is 0 Å². The Morgan fingerprint density at radius 2 is 1.70 bits per heavy atom. The van der Waals surface area contributed by atoms with Crippen LogP contribution in [0.5, 0.6) is 0 Å². The third-order valence-electron chi connectivity index (χ3n) is 2.17. The van der Waals surface area contributed by atoms with Crippen LogP contribution >= 0.6 is 0 Å². The van der Waals surface area contributed by atoms with Gasteiger partial charge in [0.1, 0.15) is 0 Å². The van der Waals surface area contributed by atoms with Crippen molar-refractivity contribution in [3.05, 3.63) is 24.8 Å². The van der Waals surface area contributed by atoms with Crippen LogP contribution in [0.2, 0.25) is 0 Å². The molecular weight excluding hydrogens is 120 g/mol. The molecule has 2 rings (SSSR count). The molecule has 0 aromatic heterocycles. The van der Waals surface area contributed by atoms with Gasteiger partial charge in [0.15, 0.2) is 0 Å². The summed E-state index contributed by atoms with van der Waals surface area (Å²) in [5.74, 6) is 1.98. The van der Waals surface area contributed by atoms with Crippen LogP contribution in [0.25, 0.3) is 0 Å². The molecule has 2 bridgehead atoms. The third kappa shape index (κ3) is 1.73. The molecule has 0 spiro atoms. The minimum absolute atomic E-state index is 0.991. The lowest BCUT2D eigenvalue weighted by Crippen LogP contribution is -1.82. The topological polar surface area (TPSA) is 0 Å². The minimum atomic E-state index is 0.991. The zero-order valence-electron chi connectivity index (χ0n) is 6.72. The van der Waals surface area contributed by atoms with Crippen LogP contribution in [0.15, 0.2) is 24.8 Å². The molecule has 0 heteroatoms. The molecule has 0 heterocycles. The van der Waals surface area contributed by atoms with Gasteiger partial charge in [-0.15, -0.1) is 6.58 Å². The number of fused-ring (bicyclic) bond motifs is 2. The van der Waals surface area contributed by atoms with Crippen molar-refractivity contribution < 1.29 is 0 Å². The maximum atomic E-state index is 3.36. The lowest BCUT2D eigenvalue weighted by Gasteiger charge is -1.96. The number of rotatable bonds is 0. The van der Waals surface area contributed by atoms with Crippen molar-refractivity contribution in [1.82, 2.24) is 0 Å². The van der Waals surface area contributed by atoms with Crippen LogP contribution in [0.3, 0.4) is 0 Å². The summed E-state index contributed by atoms with van der Waals surface area (Å²) >= 11 is 0. The lowest BCUT2D eigenvalue weighted by atomic mass is 10.1. The summed E-state index contributed by atoms with van der Waals surface area (Å²) in [6, 6.07) is 0. The maximum Gasteiger partial charge on any atom is -0.0228 e. The van der Waals surface area contributed by atoms with Crippen molar-refractivity contribution in [3.8, 4) is 0 Å². The fourth-order valence-electron chi connectivity index (χ4n) is 1.72. The Bertz CT molecular complexity index is 121. The first kappa shape index (κ1) is 7.59. The van der Waals surface area contributed by atoms with Crippen LogP contribution < -0.4 is 0 Å². The van der Waals surface area contributed by atoms with Gasteiger partial charge in [-0.2, -0.15) is 0 Å². The monoisotopic (exact) mass is 136 g/mol. The van der Waals surface area contributed by atoms with Gasteiger partial charge in [0.25, 0.3) is 0 Å². The van der Waals surface area contributed by atoms with Crippen LogP contribution in [-0.4, -0.2) is 0 Å². The number of hydrogen-bond donors (Lipinski definition) is 0. The van der Waals surface area contributed by atoms with Crippen molar-refractivity contribution in [2.24, 2.45) is 11.8 Å². The average molecular weight is 136 g/mol. The first-order valence-corrected chi connectivity index (χ1v) is 4.12. The molecule has 2 aliphatic carbocycles. The second-order valence-electron chi connectivity index (χ2n) is 3.13. The summed E-state index contributed by atoms with van der Waals surface area (Å²) < 4.78 is 0. The zero-order valence-corrected chi connectivity index (χ0v) is 6.72. The highest BCUT2D eigenvalue weighted by atomic mass is 14.3. The molecule has 0 N–H and O–H groups in total. The zero-order chi connectivity index (χ0) is 7.40. The van der Waals surface area contributed by atoms with Gasteiger partial charge in [0, 0.05) is 0 Å². The van der Waals surface area contributed by atoms with E-state index in [0.29, 0.717) is 0 Å². The minimum Gasteiger partial charge on any atom is -0.103 e. The highest BCUT2D eigenvalue weighted by Gasteiger charge is 2.25. The van der Waals surface area contributed by atoms with E-state index in [1.807, 2.05) is 6.92 Å². The molecule has 1 fully saturated rings. The molecular formula is C10H16. The molecule has 0 saturated heterocycles. The van der Waals surface area contributed by atoms with Crippen LogP contribution in [0.4, 0.5) is 0 Å². The molecule has 0 aromatic rings. The quantitative estimate of drug-likeness (QED) is 0.449. The molecule has 10 heavy (non-hydrogen) atoms. The van der Waals surface area contributed by atoms with E-state index in [4.69, 9.17) is 0 Å². The first-order chi connectivity index (χ1) is 4.86. The summed E-state index contributed by atoms with van der Waals surface area (Å²) in [6.45, 7) is 5.25. The van der Waals surface area contributed by atoms with Crippen LogP contribution in [0.1, 0.15) is 26.2 Å². The maximum absolute atomic E-state index is 3.36. The molecule has 0 aromatic carbocycles. The highest BCUT2D eigenvalue weighted by Crippen LogP contribution is 2.38. The van der Waals surface area contributed by atoms with E-state index in [2.05, 4.69) is 18.7 Å². The summed E-state index contributed by atoms with van der Waals surface area (Å²) in [6.07, 6.45) is 10.9. The van der Waals surface area contributed by atoms with Gasteiger partial charge in [-0.1, -0.05) is 18.2 Å². The van der Waals surface area contributed by atoms with Gasteiger partial charge in [-0.3, -0.25) is 0 Å². The molecule has 0 nitrogen and oxygen atoms in total. The van der Waals surface area contributed by atoms with E-state index in [9.17, 15) is 0 Å². The van der Waals surface area contributed by atoms with E-state index < -0.39 is 0 Å². The predicted octanol–water partition coefficient (Wildman–Crippen LogP) is 3.16. The second kappa shape index (κ2) is 3.60. The number of hydrogen-bond acceptors (Lipinski definition) is 0. The van der Waals surface area contributed by atoms with Crippen molar-refractivity contribution in [2.75, 3.05) is 0 Å². The number of allylic oxidation sites excluding steroid dienone is 3. The Balaban J connectivity index is 0.000000148. The third-order valence-corrected chi connectivity index (χ3v) is 2.17. The molecule has 2 aliphatic rings. The fourth-order valence-corrected chi connectivity index (χ4v) is 1.72. The van der Waals surface area contributed by atoms with E-state index in [1.165, 1.54) is 19.3 Å². The Morgan fingerprint density at radius 1 is 1.30 bits per heavy atom. The molecule has 1 saturated carbocycles. The van der Waals surface area contributed by atoms with E-state index in [-0.39, 0.29) is 0 Å². The van der Waals surface area contributed by atoms with Gasteiger partial charge in [-0.25, -0.2) is 0 Å². The Hall–Kier alpha value is -0.520. The lowest BCUT2D eigenvalue weighted by molar-refractivity contribution is 0.691. The van der Waals surface area contributed by atoms with Gasteiger partial charge in [-0.05, 0) is 38.0 Å². The molecule has 0 radical (unpaired) electrons. The molecule has 0 amide bonds. The average Bonchev–Trinajstić information content (AvgIpc) is 2.49.